The molecule has 2 N–H and O–H groups in total. The Labute approximate surface area is 138 Å². The third-order valence-corrected chi connectivity index (χ3v) is 4.02. The Morgan fingerprint density at radius 2 is 1.96 bits per heavy atom. The second-order valence-corrected chi connectivity index (χ2v) is 5.42. The number of aliphatic imine (C=N–C) groups is 1. The van der Waals surface area contributed by atoms with Crippen LogP contribution in [0.25, 0.3) is 0 Å². The molecular weight excluding hydrogens is 292 g/mol. The zero-order valence-electron chi connectivity index (χ0n) is 14.3. The van der Waals surface area contributed by atoms with Crippen LogP contribution in [0.2, 0.25) is 0 Å². The molecule has 1 aliphatic rings. The minimum Gasteiger partial charge on any atom is -0.497 e. The van der Waals surface area contributed by atoms with Crippen LogP contribution < -0.4 is 15.4 Å². The number of ether oxygens (including phenoxy) is 2. The van der Waals surface area contributed by atoms with Crippen molar-refractivity contribution in [3.8, 4) is 5.75 Å². The van der Waals surface area contributed by atoms with E-state index in [1.54, 1.807) is 14.2 Å². The summed E-state index contributed by atoms with van der Waals surface area (Å²) in [5.74, 6) is 1.71. The van der Waals surface area contributed by atoms with Gasteiger partial charge in [-0.05, 0) is 24.6 Å². The number of methoxy groups -OCH3 is 1. The summed E-state index contributed by atoms with van der Waals surface area (Å²) in [6.45, 7) is 7.17. The van der Waals surface area contributed by atoms with Crippen molar-refractivity contribution in [2.45, 2.75) is 13.0 Å². The van der Waals surface area contributed by atoms with E-state index in [1.165, 1.54) is 5.56 Å². The van der Waals surface area contributed by atoms with Gasteiger partial charge in [-0.3, -0.25) is 9.89 Å². The van der Waals surface area contributed by atoms with Crippen molar-refractivity contribution < 1.29 is 9.47 Å². The second-order valence-electron chi connectivity index (χ2n) is 5.42. The van der Waals surface area contributed by atoms with E-state index >= 15 is 0 Å². The fraction of sp³-hybridized carbons (Fsp3) is 0.588. The van der Waals surface area contributed by atoms with Crippen molar-refractivity contribution in [3.05, 3.63) is 29.8 Å². The van der Waals surface area contributed by atoms with Gasteiger partial charge in [-0.2, -0.15) is 0 Å². The van der Waals surface area contributed by atoms with E-state index in [1.807, 2.05) is 12.1 Å². The van der Waals surface area contributed by atoms with Crippen molar-refractivity contribution in [2.24, 2.45) is 4.99 Å². The average molecular weight is 320 g/mol. The Hall–Kier alpha value is -1.79. The number of guanidine groups is 1. The van der Waals surface area contributed by atoms with E-state index in [0.717, 1.165) is 51.1 Å². The fourth-order valence-corrected chi connectivity index (χ4v) is 2.75. The Kier molecular flexibility index (Phi) is 7.16. The highest BCUT2D eigenvalue weighted by Gasteiger charge is 2.22. The van der Waals surface area contributed by atoms with E-state index in [4.69, 9.17) is 9.47 Å². The normalized spacial score (nSPS) is 17.6. The van der Waals surface area contributed by atoms with E-state index in [2.05, 4.69) is 39.6 Å². The molecule has 2 rings (SSSR count). The number of nitrogens with one attached hydrogen (secondary N) is 2. The standard InChI is InChI=1S/C17H28N4O2/c1-4-19-17(18-2)20-13-16(21-9-11-23-12-10-21)14-5-7-15(22-3)8-6-14/h5-8,16H,4,9-13H2,1-3H3,(H2,18,19,20). The quantitative estimate of drug-likeness (QED) is 0.610. The number of nitrogens with zero attached hydrogens (tertiary/aromatic N) is 2. The summed E-state index contributed by atoms with van der Waals surface area (Å²) in [5, 5.41) is 6.66. The highest BCUT2D eigenvalue weighted by atomic mass is 16.5. The predicted octanol–water partition coefficient (Wildman–Crippen LogP) is 1.25. The van der Waals surface area contributed by atoms with Crippen LogP contribution in [0.5, 0.6) is 5.75 Å². The van der Waals surface area contributed by atoms with Gasteiger partial charge in [0.15, 0.2) is 5.96 Å². The van der Waals surface area contributed by atoms with Crippen LogP contribution in [-0.4, -0.2) is 64.4 Å². The van der Waals surface area contributed by atoms with Crippen LogP contribution in [0.15, 0.2) is 29.3 Å². The lowest BCUT2D eigenvalue weighted by atomic mass is 10.0. The molecule has 1 aromatic rings. The van der Waals surface area contributed by atoms with Gasteiger partial charge >= 0.3 is 0 Å². The molecular formula is C17H28N4O2. The second kappa shape index (κ2) is 9.37. The van der Waals surface area contributed by atoms with E-state index in [0.29, 0.717) is 0 Å². The zero-order valence-corrected chi connectivity index (χ0v) is 14.3. The first-order chi connectivity index (χ1) is 11.3. The van der Waals surface area contributed by atoms with Gasteiger partial charge in [-0.25, -0.2) is 0 Å². The molecule has 1 aromatic carbocycles. The third-order valence-electron chi connectivity index (χ3n) is 4.02. The first-order valence-corrected chi connectivity index (χ1v) is 8.18. The summed E-state index contributed by atoms with van der Waals surface area (Å²) >= 11 is 0. The van der Waals surface area contributed by atoms with Crippen molar-refractivity contribution in [1.29, 1.82) is 0 Å². The first kappa shape index (κ1) is 17.6. The van der Waals surface area contributed by atoms with Gasteiger partial charge in [0.05, 0.1) is 26.4 Å². The van der Waals surface area contributed by atoms with Crippen molar-refractivity contribution in [1.82, 2.24) is 15.5 Å². The first-order valence-electron chi connectivity index (χ1n) is 8.18. The van der Waals surface area contributed by atoms with Crippen molar-refractivity contribution in [3.63, 3.8) is 0 Å². The van der Waals surface area contributed by atoms with Crippen LogP contribution in [-0.2, 0) is 4.74 Å². The maximum Gasteiger partial charge on any atom is 0.191 e. The van der Waals surface area contributed by atoms with E-state index in [-0.39, 0.29) is 6.04 Å². The molecule has 0 amide bonds. The average Bonchev–Trinajstić information content (AvgIpc) is 2.62. The predicted molar refractivity (Wildman–Crippen MR) is 93.2 cm³/mol. The highest BCUT2D eigenvalue weighted by Crippen LogP contribution is 2.23. The Morgan fingerprint density at radius 1 is 1.26 bits per heavy atom. The van der Waals surface area contributed by atoms with Crippen LogP contribution >= 0.6 is 0 Å². The highest BCUT2D eigenvalue weighted by molar-refractivity contribution is 5.79. The minimum atomic E-state index is 0.278. The molecule has 1 heterocycles. The molecule has 0 spiro atoms. The smallest absolute Gasteiger partial charge is 0.191 e. The van der Waals surface area contributed by atoms with Gasteiger partial charge in [-0.15, -0.1) is 0 Å². The number of morpholine rings is 1. The summed E-state index contributed by atoms with van der Waals surface area (Å²) in [6.07, 6.45) is 0. The minimum absolute atomic E-state index is 0.278. The molecule has 1 unspecified atom stereocenters. The van der Waals surface area contributed by atoms with Crippen LogP contribution in [0, 0.1) is 0 Å². The van der Waals surface area contributed by atoms with Crippen molar-refractivity contribution >= 4 is 5.96 Å². The molecule has 0 aromatic heterocycles. The van der Waals surface area contributed by atoms with Gasteiger partial charge in [0.25, 0.3) is 0 Å². The Balaban J connectivity index is 2.10. The number of hydrogen-bond donors (Lipinski definition) is 2. The number of hydrogen-bond acceptors (Lipinski definition) is 4. The topological polar surface area (TPSA) is 58.1 Å². The van der Waals surface area contributed by atoms with E-state index < -0.39 is 0 Å². The molecule has 1 saturated heterocycles. The molecule has 0 bridgehead atoms. The summed E-state index contributed by atoms with van der Waals surface area (Å²) in [4.78, 5) is 6.70. The van der Waals surface area contributed by atoms with Gasteiger partial charge in [0.1, 0.15) is 5.75 Å². The number of rotatable bonds is 6. The molecule has 6 heteroatoms. The molecule has 0 saturated carbocycles. The maximum atomic E-state index is 5.49. The van der Waals surface area contributed by atoms with Crippen LogP contribution in [0.3, 0.4) is 0 Å². The summed E-state index contributed by atoms with van der Waals surface area (Å²) in [5.41, 5.74) is 1.27. The molecule has 23 heavy (non-hydrogen) atoms. The molecule has 128 valence electrons. The number of benzene rings is 1. The Bertz CT molecular complexity index is 484. The van der Waals surface area contributed by atoms with Gasteiger partial charge in [0, 0.05) is 33.2 Å². The molecule has 1 atom stereocenters. The monoisotopic (exact) mass is 320 g/mol. The molecule has 1 aliphatic heterocycles. The molecule has 1 fully saturated rings. The molecule has 0 radical (unpaired) electrons. The lowest BCUT2D eigenvalue weighted by molar-refractivity contribution is 0.0170. The maximum absolute atomic E-state index is 5.49. The summed E-state index contributed by atoms with van der Waals surface area (Å²) in [7, 11) is 3.48. The lowest BCUT2D eigenvalue weighted by Gasteiger charge is -2.35. The van der Waals surface area contributed by atoms with Crippen molar-refractivity contribution in [2.75, 3.05) is 53.6 Å². The molecule has 0 aliphatic carbocycles. The van der Waals surface area contributed by atoms with Gasteiger partial charge < -0.3 is 20.1 Å². The largest absolute Gasteiger partial charge is 0.497 e. The Morgan fingerprint density at radius 3 is 2.52 bits per heavy atom. The summed E-state index contributed by atoms with van der Waals surface area (Å²) < 4.78 is 10.8. The van der Waals surface area contributed by atoms with E-state index in [9.17, 15) is 0 Å². The van der Waals surface area contributed by atoms with Gasteiger partial charge in [-0.1, -0.05) is 12.1 Å². The van der Waals surface area contributed by atoms with Gasteiger partial charge in [0.2, 0.25) is 0 Å². The van der Waals surface area contributed by atoms with Crippen LogP contribution in [0.4, 0.5) is 0 Å². The lowest BCUT2D eigenvalue weighted by Crippen LogP contribution is -2.46. The third kappa shape index (κ3) is 5.11. The van der Waals surface area contributed by atoms with Crippen LogP contribution in [0.1, 0.15) is 18.5 Å². The zero-order chi connectivity index (χ0) is 16.5. The fourth-order valence-electron chi connectivity index (χ4n) is 2.75. The summed E-state index contributed by atoms with van der Waals surface area (Å²) in [6, 6.07) is 8.58. The molecule has 6 nitrogen and oxygen atoms in total. The SMILES string of the molecule is CCNC(=NC)NCC(c1ccc(OC)cc1)N1CCOCC1.